The largest absolute Gasteiger partial charge is 0.385 e. The van der Waals surface area contributed by atoms with Gasteiger partial charge in [-0.15, -0.1) is 0 Å². The molecular weight excluding hydrogens is 467 g/mol. The molecule has 1 aliphatic heterocycles. The predicted octanol–water partition coefficient (Wildman–Crippen LogP) is 5.89. The van der Waals surface area contributed by atoms with Gasteiger partial charge in [-0.05, 0) is 54.1 Å². The Kier molecular flexibility index (Phi) is 8.01. The fourth-order valence-corrected chi connectivity index (χ4v) is 3.89. The van der Waals surface area contributed by atoms with Crippen molar-refractivity contribution in [2.45, 2.75) is 25.6 Å². The molecular formula is C27H23F5O3. The predicted molar refractivity (Wildman–Crippen MR) is 120 cm³/mol. The number of hydrogen-bond donors (Lipinski definition) is 0. The maximum atomic E-state index is 14.6. The van der Waals surface area contributed by atoms with Crippen molar-refractivity contribution in [3.8, 4) is 11.8 Å². The molecule has 0 saturated carbocycles. The maximum absolute atomic E-state index is 14.6. The molecule has 0 bridgehead atoms. The van der Waals surface area contributed by atoms with Crippen LogP contribution < -0.4 is 0 Å². The Balaban J connectivity index is 1.42. The summed E-state index contributed by atoms with van der Waals surface area (Å²) in [6.45, 7) is 1.73. The van der Waals surface area contributed by atoms with Gasteiger partial charge in [-0.25, -0.2) is 22.0 Å². The van der Waals surface area contributed by atoms with Gasteiger partial charge in [-0.3, -0.25) is 0 Å². The molecule has 3 aromatic rings. The van der Waals surface area contributed by atoms with Crippen LogP contribution in [-0.2, 0) is 20.6 Å². The van der Waals surface area contributed by atoms with E-state index in [1.807, 2.05) is 0 Å². The first kappa shape index (κ1) is 25.1. The fourth-order valence-electron chi connectivity index (χ4n) is 3.89. The van der Waals surface area contributed by atoms with Gasteiger partial charge in [-0.2, -0.15) is 0 Å². The van der Waals surface area contributed by atoms with Gasteiger partial charge >= 0.3 is 0 Å². The Morgan fingerprint density at radius 1 is 0.857 bits per heavy atom. The van der Waals surface area contributed by atoms with Crippen LogP contribution in [0.25, 0.3) is 10.8 Å². The van der Waals surface area contributed by atoms with Crippen molar-refractivity contribution in [3.63, 3.8) is 0 Å². The maximum Gasteiger partial charge on any atom is 0.195 e. The summed E-state index contributed by atoms with van der Waals surface area (Å²) in [5, 5.41) is -0.0331. The molecule has 35 heavy (non-hydrogen) atoms. The fraction of sp³-hybridized carbons (Fsp3) is 0.333. The molecule has 0 aromatic heterocycles. The third-order valence-corrected chi connectivity index (χ3v) is 5.84. The van der Waals surface area contributed by atoms with E-state index in [0.717, 1.165) is 12.5 Å². The Morgan fingerprint density at radius 2 is 1.57 bits per heavy atom. The number of methoxy groups -OCH3 is 1. The molecule has 0 spiro atoms. The normalized spacial score (nSPS) is 17.9. The summed E-state index contributed by atoms with van der Waals surface area (Å²) in [5.41, 5.74) is 0.288. The minimum absolute atomic E-state index is 0.0849. The lowest BCUT2D eigenvalue weighted by Crippen LogP contribution is -2.32. The second-order valence-corrected chi connectivity index (χ2v) is 8.39. The first-order valence-electron chi connectivity index (χ1n) is 11.1. The van der Waals surface area contributed by atoms with Crippen molar-refractivity contribution in [1.82, 2.24) is 0 Å². The van der Waals surface area contributed by atoms with Gasteiger partial charge in [0.15, 0.2) is 23.7 Å². The summed E-state index contributed by atoms with van der Waals surface area (Å²) in [7, 11) is 1.64. The molecule has 3 nitrogen and oxygen atoms in total. The molecule has 8 heteroatoms. The average Bonchev–Trinajstić information content (AvgIpc) is 2.85. The number of ether oxygens (including phenoxy) is 3. The zero-order valence-electron chi connectivity index (χ0n) is 19.0. The van der Waals surface area contributed by atoms with E-state index in [0.29, 0.717) is 38.2 Å². The highest BCUT2D eigenvalue weighted by atomic mass is 19.2. The van der Waals surface area contributed by atoms with Crippen molar-refractivity contribution >= 4 is 10.8 Å². The molecule has 1 heterocycles. The lowest BCUT2D eigenvalue weighted by molar-refractivity contribution is -0.204. The van der Waals surface area contributed by atoms with Gasteiger partial charge in [0.25, 0.3) is 0 Å². The summed E-state index contributed by atoms with van der Waals surface area (Å²) in [4.78, 5) is 0. The van der Waals surface area contributed by atoms with Crippen molar-refractivity contribution in [2.75, 3.05) is 26.9 Å². The topological polar surface area (TPSA) is 27.7 Å². The monoisotopic (exact) mass is 490 g/mol. The van der Waals surface area contributed by atoms with Crippen LogP contribution in [0.4, 0.5) is 22.0 Å². The lowest BCUT2D eigenvalue weighted by atomic mass is 10.0. The molecule has 0 amide bonds. The minimum atomic E-state index is -1.56. The summed E-state index contributed by atoms with van der Waals surface area (Å²) in [5.74, 6) is -0.546. The molecule has 0 aliphatic carbocycles. The third-order valence-electron chi connectivity index (χ3n) is 5.84. The standard InChI is InChI=1S/C27H23F5O3/c1-33-9-8-18-14-34-25(35-15-18)7-4-17-11-22(28)21(23(29)12-17)6-3-16-2-5-20-19(10-16)13-24(30)27(32)26(20)31/h2,5,10-13,18,25H,4,7-9,14-15H2,1H3. The summed E-state index contributed by atoms with van der Waals surface area (Å²) in [6, 6.07) is 7.19. The Hall–Kier alpha value is -2.99. The van der Waals surface area contributed by atoms with E-state index >= 15 is 0 Å². The summed E-state index contributed by atoms with van der Waals surface area (Å²) < 4.78 is 86.3. The van der Waals surface area contributed by atoms with Crippen LogP contribution in [-0.4, -0.2) is 33.2 Å². The molecule has 1 fully saturated rings. The van der Waals surface area contributed by atoms with Gasteiger partial charge in [0.2, 0.25) is 0 Å². The van der Waals surface area contributed by atoms with E-state index in [1.54, 1.807) is 7.11 Å². The highest BCUT2D eigenvalue weighted by Gasteiger charge is 2.22. The van der Waals surface area contributed by atoms with Crippen LogP contribution >= 0.6 is 0 Å². The van der Waals surface area contributed by atoms with Crippen molar-refractivity contribution < 1.29 is 36.2 Å². The van der Waals surface area contributed by atoms with Gasteiger partial charge < -0.3 is 14.2 Å². The quantitative estimate of drug-likeness (QED) is 0.245. The Labute approximate surface area is 199 Å². The molecule has 0 atom stereocenters. The van der Waals surface area contributed by atoms with Crippen molar-refractivity contribution in [1.29, 1.82) is 0 Å². The number of hydrogen-bond acceptors (Lipinski definition) is 3. The molecule has 1 aliphatic rings. The van der Waals surface area contributed by atoms with E-state index in [9.17, 15) is 22.0 Å². The minimum Gasteiger partial charge on any atom is -0.385 e. The SMILES string of the molecule is COCCC1COC(CCc2cc(F)c(C#Cc3ccc4c(F)c(F)c(F)cc4c3)c(F)c2)OC1. The molecule has 0 N–H and O–H groups in total. The first-order chi connectivity index (χ1) is 16.9. The lowest BCUT2D eigenvalue weighted by Gasteiger charge is -2.29. The van der Waals surface area contributed by atoms with E-state index in [-0.39, 0.29) is 22.3 Å². The van der Waals surface area contributed by atoms with Gasteiger partial charge in [-0.1, -0.05) is 17.9 Å². The van der Waals surface area contributed by atoms with Crippen LogP contribution in [0.3, 0.4) is 0 Å². The number of halogens is 5. The number of aryl methyl sites for hydroxylation is 1. The van der Waals surface area contributed by atoms with E-state index in [2.05, 4.69) is 11.8 Å². The highest BCUT2D eigenvalue weighted by Crippen LogP contribution is 2.24. The van der Waals surface area contributed by atoms with Gasteiger partial charge in [0.05, 0.1) is 18.8 Å². The van der Waals surface area contributed by atoms with Crippen LogP contribution in [0.1, 0.15) is 29.5 Å². The van der Waals surface area contributed by atoms with Crippen molar-refractivity contribution in [3.05, 3.63) is 82.2 Å². The van der Waals surface area contributed by atoms with Crippen molar-refractivity contribution in [2.24, 2.45) is 5.92 Å². The van der Waals surface area contributed by atoms with Crippen LogP contribution in [0.15, 0.2) is 36.4 Å². The first-order valence-corrected chi connectivity index (χ1v) is 11.1. The van der Waals surface area contributed by atoms with Gasteiger partial charge in [0, 0.05) is 37.0 Å². The molecule has 0 unspecified atom stereocenters. The number of fused-ring (bicyclic) bond motifs is 1. The number of benzene rings is 3. The summed E-state index contributed by atoms with van der Waals surface area (Å²) in [6.07, 6.45) is 1.21. The Bertz CT molecular complexity index is 1250. The van der Waals surface area contributed by atoms with E-state index in [4.69, 9.17) is 14.2 Å². The molecule has 1 saturated heterocycles. The van der Waals surface area contributed by atoms with Crippen LogP contribution in [0, 0.1) is 46.8 Å². The zero-order valence-corrected chi connectivity index (χ0v) is 19.0. The van der Waals surface area contributed by atoms with Gasteiger partial charge in [0.1, 0.15) is 11.6 Å². The summed E-state index contributed by atoms with van der Waals surface area (Å²) >= 11 is 0. The smallest absolute Gasteiger partial charge is 0.195 e. The zero-order chi connectivity index (χ0) is 24.9. The second kappa shape index (κ2) is 11.2. The highest BCUT2D eigenvalue weighted by molar-refractivity contribution is 5.84. The number of rotatable bonds is 6. The third kappa shape index (κ3) is 5.99. The van der Waals surface area contributed by atoms with E-state index < -0.39 is 40.9 Å². The second-order valence-electron chi connectivity index (χ2n) is 8.39. The average molecular weight is 490 g/mol. The van der Waals surface area contributed by atoms with E-state index in [1.165, 1.54) is 30.3 Å². The Morgan fingerprint density at radius 3 is 2.26 bits per heavy atom. The molecule has 3 aromatic carbocycles. The molecule has 184 valence electrons. The van der Waals surface area contributed by atoms with Crippen LogP contribution in [0.2, 0.25) is 0 Å². The molecule has 4 rings (SSSR count). The molecule has 0 radical (unpaired) electrons. The van der Waals surface area contributed by atoms with Crippen LogP contribution in [0.5, 0.6) is 0 Å².